The second kappa shape index (κ2) is 8.87. The number of hydrogen-bond acceptors (Lipinski definition) is 4. The van der Waals surface area contributed by atoms with Crippen molar-refractivity contribution in [2.45, 2.75) is 19.6 Å². The number of halogens is 2. The molecular formula is C18H17BrClNO4. The van der Waals surface area contributed by atoms with E-state index in [4.69, 9.17) is 21.1 Å². The molecule has 1 amide bonds. The van der Waals surface area contributed by atoms with E-state index in [2.05, 4.69) is 21.2 Å². The minimum Gasteiger partial charge on any atom is -0.496 e. The lowest BCUT2D eigenvalue weighted by Crippen LogP contribution is -2.39. The van der Waals surface area contributed by atoms with Gasteiger partial charge < -0.3 is 14.8 Å². The number of hydrogen-bond donors (Lipinski definition) is 1. The van der Waals surface area contributed by atoms with Gasteiger partial charge in [-0.15, -0.1) is 0 Å². The Kier molecular flexibility index (Phi) is 6.84. The molecule has 2 aromatic carbocycles. The van der Waals surface area contributed by atoms with Crippen molar-refractivity contribution in [3.8, 4) is 5.75 Å². The van der Waals surface area contributed by atoms with Crippen molar-refractivity contribution >= 4 is 39.4 Å². The average molecular weight is 427 g/mol. The number of ether oxygens (including phenoxy) is 2. The SMILES string of the molecule is COc1ccc(Br)cc1COC(=O)[C@H](C)NC(=O)c1ccccc1Cl. The van der Waals surface area contributed by atoms with Crippen LogP contribution < -0.4 is 10.1 Å². The van der Waals surface area contributed by atoms with Crippen LogP contribution in [0, 0.1) is 0 Å². The van der Waals surface area contributed by atoms with Gasteiger partial charge in [-0.3, -0.25) is 4.79 Å². The van der Waals surface area contributed by atoms with E-state index < -0.39 is 17.9 Å². The Labute approximate surface area is 159 Å². The summed E-state index contributed by atoms with van der Waals surface area (Å²) in [6.07, 6.45) is 0. The monoisotopic (exact) mass is 425 g/mol. The summed E-state index contributed by atoms with van der Waals surface area (Å²) in [7, 11) is 1.54. The van der Waals surface area contributed by atoms with Gasteiger partial charge in [-0.1, -0.05) is 39.7 Å². The highest BCUT2D eigenvalue weighted by atomic mass is 79.9. The molecule has 0 aliphatic rings. The fraction of sp³-hybridized carbons (Fsp3) is 0.222. The van der Waals surface area contributed by atoms with Crippen LogP contribution in [0.4, 0.5) is 0 Å². The third kappa shape index (κ3) is 5.21. The van der Waals surface area contributed by atoms with Crippen LogP contribution in [0.2, 0.25) is 5.02 Å². The van der Waals surface area contributed by atoms with Crippen LogP contribution in [0.1, 0.15) is 22.8 Å². The van der Waals surface area contributed by atoms with Gasteiger partial charge in [0.05, 0.1) is 17.7 Å². The summed E-state index contributed by atoms with van der Waals surface area (Å²) >= 11 is 9.34. The normalized spacial score (nSPS) is 11.5. The summed E-state index contributed by atoms with van der Waals surface area (Å²) in [6, 6.07) is 11.2. The molecule has 0 saturated heterocycles. The molecule has 0 spiro atoms. The molecule has 0 aromatic heterocycles. The number of methoxy groups -OCH3 is 1. The zero-order valence-corrected chi connectivity index (χ0v) is 16.1. The van der Waals surface area contributed by atoms with Gasteiger partial charge in [0.15, 0.2) is 0 Å². The summed E-state index contributed by atoms with van der Waals surface area (Å²) < 4.78 is 11.3. The van der Waals surface area contributed by atoms with Crippen molar-refractivity contribution in [1.29, 1.82) is 0 Å². The zero-order valence-electron chi connectivity index (χ0n) is 13.7. The third-order valence-corrected chi connectivity index (χ3v) is 4.25. The zero-order chi connectivity index (χ0) is 18.4. The van der Waals surface area contributed by atoms with E-state index in [1.54, 1.807) is 50.4 Å². The molecular weight excluding hydrogens is 410 g/mol. The van der Waals surface area contributed by atoms with E-state index in [9.17, 15) is 9.59 Å². The molecule has 2 aromatic rings. The van der Waals surface area contributed by atoms with E-state index in [1.165, 1.54) is 0 Å². The van der Waals surface area contributed by atoms with Crippen LogP contribution in [-0.4, -0.2) is 25.0 Å². The summed E-state index contributed by atoms with van der Waals surface area (Å²) in [5.74, 6) is -0.374. The van der Waals surface area contributed by atoms with Gasteiger partial charge in [0.1, 0.15) is 18.4 Å². The van der Waals surface area contributed by atoms with E-state index in [0.717, 1.165) is 10.0 Å². The molecule has 0 fully saturated rings. The Morgan fingerprint density at radius 1 is 1.24 bits per heavy atom. The minimum atomic E-state index is -0.818. The lowest BCUT2D eigenvalue weighted by Gasteiger charge is -2.15. The first kappa shape index (κ1) is 19.3. The van der Waals surface area contributed by atoms with E-state index in [0.29, 0.717) is 16.3 Å². The predicted molar refractivity (Wildman–Crippen MR) is 98.9 cm³/mol. The van der Waals surface area contributed by atoms with Crippen molar-refractivity contribution in [2.75, 3.05) is 7.11 Å². The van der Waals surface area contributed by atoms with Crippen molar-refractivity contribution in [1.82, 2.24) is 5.32 Å². The second-order valence-electron chi connectivity index (χ2n) is 5.24. The molecule has 0 saturated carbocycles. The number of esters is 1. The fourth-order valence-corrected chi connectivity index (χ4v) is 2.74. The fourth-order valence-electron chi connectivity index (χ4n) is 2.11. The maximum atomic E-state index is 12.2. The Balaban J connectivity index is 1.96. The van der Waals surface area contributed by atoms with Gasteiger partial charge in [-0.05, 0) is 37.3 Å². The van der Waals surface area contributed by atoms with Crippen LogP contribution in [0.5, 0.6) is 5.75 Å². The molecule has 0 aliphatic carbocycles. The van der Waals surface area contributed by atoms with Crippen molar-refractivity contribution in [2.24, 2.45) is 0 Å². The first-order chi connectivity index (χ1) is 11.9. The average Bonchev–Trinajstić information content (AvgIpc) is 2.59. The Morgan fingerprint density at radius 2 is 1.96 bits per heavy atom. The molecule has 25 heavy (non-hydrogen) atoms. The van der Waals surface area contributed by atoms with Gasteiger partial charge in [0.25, 0.3) is 5.91 Å². The topological polar surface area (TPSA) is 64.6 Å². The number of amides is 1. The Bertz CT molecular complexity index is 781. The van der Waals surface area contributed by atoms with Crippen LogP contribution in [0.15, 0.2) is 46.9 Å². The number of nitrogens with one attached hydrogen (secondary N) is 1. The van der Waals surface area contributed by atoms with Gasteiger partial charge in [0.2, 0.25) is 0 Å². The first-order valence-corrected chi connectivity index (χ1v) is 8.64. The van der Waals surface area contributed by atoms with Crippen molar-refractivity contribution < 1.29 is 19.1 Å². The van der Waals surface area contributed by atoms with Crippen LogP contribution in [-0.2, 0) is 16.1 Å². The molecule has 0 radical (unpaired) electrons. The number of carbonyl (C=O) groups excluding carboxylic acids is 2. The number of carbonyl (C=O) groups is 2. The van der Waals surface area contributed by atoms with Crippen LogP contribution >= 0.6 is 27.5 Å². The summed E-state index contributed by atoms with van der Waals surface area (Å²) in [6.45, 7) is 1.59. The lowest BCUT2D eigenvalue weighted by atomic mass is 10.2. The maximum absolute atomic E-state index is 12.2. The van der Waals surface area contributed by atoms with E-state index in [-0.39, 0.29) is 6.61 Å². The maximum Gasteiger partial charge on any atom is 0.328 e. The predicted octanol–water partition coefficient (Wildman–Crippen LogP) is 3.97. The third-order valence-electron chi connectivity index (χ3n) is 3.43. The Hall–Kier alpha value is -2.05. The molecule has 0 aliphatic heterocycles. The smallest absolute Gasteiger partial charge is 0.328 e. The molecule has 0 bridgehead atoms. The molecule has 0 heterocycles. The molecule has 5 nitrogen and oxygen atoms in total. The van der Waals surface area contributed by atoms with Gasteiger partial charge in [-0.2, -0.15) is 0 Å². The standard InChI is InChI=1S/C18H17BrClNO4/c1-11(21-17(22)14-5-3-4-6-15(14)20)18(23)25-10-12-9-13(19)7-8-16(12)24-2/h3-9,11H,10H2,1-2H3,(H,21,22)/t11-/m0/s1. The summed E-state index contributed by atoms with van der Waals surface area (Å²) in [4.78, 5) is 24.3. The van der Waals surface area contributed by atoms with Crippen LogP contribution in [0.3, 0.4) is 0 Å². The quantitative estimate of drug-likeness (QED) is 0.710. The Morgan fingerprint density at radius 3 is 2.64 bits per heavy atom. The number of benzene rings is 2. The first-order valence-electron chi connectivity index (χ1n) is 7.47. The van der Waals surface area contributed by atoms with Crippen molar-refractivity contribution in [3.63, 3.8) is 0 Å². The van der Waals surface area contributed by atoms with E-state index in [1.807, 2.05) is 6.07 Å². The summed E-state index contributed by atoms with van der Waals surface area (Å²) in [5.41, 5.74) is 1.02. The molecule has 1 atom stereocenters. The highest BCUT2D eigenvalue weighted by molar-refractivity contribution is 9.10. The largest absolute Gasteiger partial charge is 0.496 e. The van der Waals surface area contributed by atoms with Gasteiger partial charge >= 0.3 is 5.97 Å². The molecule has 7 heteroatoms. The second-order valence-corrected chi connectivity index (χ2v) is 6.56. The van der Waals surface area contributed by atoms with E-state index >= 15 is 0 Å². The highest BCUT2D eigenvalue weighted by Gasteiger charge is 2.20. The van der Waals surface area contributed by atoms with Crippen LogP contribution in [0.25, 0.3) is 0 Å². The van der Waals surface area contributed by atoms with Gasteiger partial charge in [-0.25, -0.2) is 4.79 Å². The lowest BCUT2D eigenvalue weighted by molar-refractivity contribution is -0.146. The van der Waals surface area contributed by atoms with Crippen molar-refractivity contribution in [3.05, 3.63) is 63.1 Å². The summed E-state index contributed by atoms with van der Waals surface area (Å²) in [5, 5.41) is 2.89. The highest BCUT2D eigenvalue weighted by Crippen LogP contribution is 2.23. The molecule has 1 N–H and O–H groups in total. The van der Waals surface area contributed by atoms with Gasteiger partial charge in [0, 0.05) is 10.0 Å². The minimum absolute atomic E-state index is 0.0355. The molecule has 0 unspecified atom stereocenters. The molecule has 132 valence electrons. The molecule has 2 rings (SSSR count). The number of rotatable bonds is 6.